The van der Waals surface area contributed by atoms with Crippen molar-refractivity contribution in [3.63, 3.8) is 0 Å². The molecule has 2 heteroatoms. The van der Waals surface area contributed by atoms with Crippen molar-refractivity contribution in [2.24, 2.45) is 11.8 Å². The third-order valence-electron chi connectivity index (χ3n) is 4.68. The monoisotopic (exact) mass is 269 g/mol. The minimum Gasteiger partial charge on any atom is -0.377 e. The highest BCUT2D eigenvalue weighted by atomic mass is 16.5. The van der Waals surface area contributed by atoms with E-state index >= 15 is 0 Å². The zero-order valence-corrected chi connectivity index (χ0v) is 13.6. The Hall–Kier alpha value is -0.0800. The highest BCUT2D eigenvalue weighted by Crippen LogP contribution is 2.31. The lowest BCUT2D eigenvalue weighted by Crippen LogP contribution is -2.45. The van der Waals surface area contributed by atoms with E-state index in [1.807, 2.05) is 0 Å². The van der Waals surface area contributed by atoms with Gasteiger partial charge in [-0.15, -0.1) is 0 Å². The van der Waals surface area contributed by atoms with Gasteiger partial charge in [-0.25, -0.2) is 0 Å². The Balaban J connectivity index is 2.58. The molecule has 0 spiro atoms. The van der Waals surface area contributed by atoms with Gasteiger partial charge >= 0.3 is 0 Å². The summed E-state index contributed by atoms with van der Waals surface area (Å²) < 4.78 is 6.15. The predicted molar refractivity (Wildman–Crippen MR) is 83.5 cm³/mol. The zero-order chi connectivity index (χ0) is 14.1. The first-order valence-corrected chi connectivity index (χ1v) is 8.51. The normalized spacial score (nSPS) is 22.1. The molecule has 1 aliphatic carbocycles. The number of ether oxygens (including phenoxy) is 1. The highest BCUT2D eigenvalue weighted by Gasteiger charge is 2.31. The van der Waals surface area contributed by atoms with E-state index < -0.39 is 0 Å². The first-order chi connectivity index (χ1) is 9.22. The molecule has 0 radical (unpaired) electrons. The van der Waals surface area contributed by atoms with Gasteiger partial charge in [-0.2, -0.15) is 0 Å². The van der Waals surface area contributed by atoms with Crippen LogP contribution in [0.4, 0.5) is 0 Å². The van der Waals surface area contributed by atoms with Crippen LogP contribution in [0.5, 0.6) is 0 Å². The number of nitrogens with one attached hydrogen (secondary N) is 1. The van der Waals surface area contributed by atoms with E-state index in [0.717, 1.165) is 18.4 Å². The molecule has 19 heavy (non-hydrogen) atoms. The summed E-state index contributed by atoms with van der Waals surface area (Å²) in [7, 11) is 2.11. The van der Waals surface area contributed by atoms with Gasteiger partial charge in [0.25, 0.3) is 0 Å². The molecule has 0 aliphatic heterocycles. The van der Waals surface area contributed by atoms with E-state index in [1.54, 1.807) is 0 Å². The minimum absolute atomic E-state index is 0.426. The Morgan fingerprint density at radius 2 is 1.84 bits per heavy atom. The van der Waals surface area contributed by atoms with Crippen LogP contribution in [0.25, 0.3) is 0 Å². The maximum atomic E-state index is 6.15. The summed E-state index contributed by atoms with van der Waals surface area (Å²) in [5.74, 6) is 1.58. The quantitative estimate of drug-likeness (QED) is 0.670. The van der Waals surface area contributed by atoms with Gasteiger partial charge in [0, 0.05) is 12.6 Å². The fourth-order valence-electron chi connectivity index (χ4n) is 3.70. The Morgan fingerprint density at radius 3 is 2.37 bits per heavy atom. The van der Waals surface area contributed by atoms with Gasteiger partial charge in [-0.3, -0.25) is 0 Å². The SMILES string of the molecule is CCCC(C)CC(NC)C(OCC)C1CCCCC1. The van der Waals surface area contributed by atoms with E-state index in [1.165, 1.54) is 51.4 Å². The van der Waals surface area contributed by atoms with Gasteiger partial charge in [0.2, 0.25) is 0 Å². The Kier molecular flexibility index (Phi) is 8.72. The molecule has 2 nitrogen and oxygen atoms in total. The molecule has 0 aromatic carbocycles. The van der Waals surface area contributed by atoms with E-state index in [4.69, 9.17) is 4.74 Å². The Labute approximate surface area is 120 Å². The molecule has 114 valence electrons. The summed E-state index contributed by atoms with van der Waals surface area (Å²) in [6, 6.07) is 0.532. The summed E-state index contributed by atoms with van der Waals surface area (Å²) in [5, 5.41) is 3.55. The number of hydrogen-bond acceptors (Lipinski definition) is 2. The summed E-state index contributed by atoms with van der Waals surface area (Å²) in [5.41, 5.74) is 0. The van der Waals surface area contributed by atoms with Crippen molar-refractivity contribution in [3.8, 4) is 0 Å². The fraction of sp³-hybridized carbons (Fsp3) is 1.00. The largest absolute Gasteiger partial charge is 0.377 e. The molecule has 1 fully saturated rings. The standard InChI is InChI=1S/C17H35NO/c1-5-10-14(3)13-16(18-4)17(19-6-2)15-11-8-7-9-12-15/h14-18H,5-13H2,1-4H3. The predicted octanol–water partition coefficient (Wildman–Crippen LogP) is 4.39. The van der Waals surface area contributed by atoms with Crippen molar-refractivity contribution in [1.82, 2.24) is 5.32 Å². The lowest BCUT2D eigenvalue weighted by molar-refractivity contribution is -0.0208. The second kappa shape index (κ2) is 9.77. The molecule has 0 aromatic heterocycles. The first-order valence-electron chi connectivity index (χ1n) is 8.51. The molecular weight excluding hydrogens is 234 g/mol. The van der Waals surface area contributed by atoms with Crippen LogP contribution >= 0.6 is 0 Å². The van der Waals surface area contributed by atoms with Crippen molar-refractivity contribution < 1.29 is 4.74 Å². The molecule has 0 saturated heterocycles. The van der Waals surface area contributed by atoms with Crippen LogP contribution in [0.1, 0.15) is 72.1 Å². The minimum atomic E-state index is 0.426. The average Bonchev–Trinajstić information content (AvgIpc) is 2.44. The molecule has 3 unspecified atom stereocenters. The maximum Gasteiger partial charge on any atom is 0.0755 e. The first kappa shape index (κ1) is 17.0. The molecule has 3 atom stereocenters. The van der Waals surface area contributed by atoms with Crippen molar-refractivity contribution in [3.05, 3.63) is 0 Å². The molecule has 1 N–H and O–H groups in total. The van der Waals surface area contributed by atoms with Crippen LogP contribution < -0.4 is 5.32 Å². The van der Waals surface area contributed by atoms with Gasteiger partial charge in [0.05, 0.1) is 6.10 Å². The molecule has 0 bridgehead atoms. The summed E-state index contributed by atoms with van der Waals surface area (Å²) in [4.78, 5) is 0. The van der Waals surface area contributed by atoms with Crippen molar-refractivity contribution in [2.75, 3.05) is 13.7 Å². The Bertz CT molecular complexity index is 213. The van der Waals surface area contributed by atoms with Crippen molar-refractivity contribution in [2.45, 2.75) is 84.3 Å². The summed E-state index contributed by atoms with van der Waals surface area (Å²) >= 11 is 0. The van der Waals surface area contributed by atoms with Crippen molar-refractivity contribution in [1.29, 1.82) is 0 Å². The molecule has 1 saturated carbocycles. The van der Waals surface area contributed by atoms with Crippen LogP contribution in [-0.2, 0) is 4.74 Å². The summed E-state index contributed by atoms with van der Waals surface area (Å²) in [6.07, 6.45) is 11.3. The molecule has 0 aromatic rings. The summed E-state index contributed by atoms with van der Waals surface area (Å²) in [6.45, 7) is 7.66. The van der Waals surface area contributed by atoms with Crippen LogP contribution in [0.2, 0.25) is 0 Å². The lowest BCUT2D eigenvalue weighted by atomic mass is 9.80. The van der Waals surface area contributed by atoms with E-state index in [2.05, 4.69) is 33.1 Å². The van der Waals surface area contributed by atoms with Crippen LogP contribution in [0, 0.1) is 11.8 Å². The number of rotatable bonds is 9. The Morgan fingerprint density at radius 1 is 1.16 bits per heavy atom. The topological polar surface area (TPSA) is 21.3 Å². The van der Waals surface area contributed by atoms with E-state index in [0.29, 0.717) is 12.1 Å². The van der Waals surface area contributed by atoms with Gasteiger partial charge in [-0.05, 0) is 45.1 Å². The number of hydrogen-bond donors (Lipinski definition) is 1. The van der Waals surface area contributed by atoms with Gasteiger partial charge < -0.3 is 10.1 Å². The average molecular weight is 269 g/mol. The van der Waals surface area contributed by atoms with Gasteiger partial charge in [0.1, 0.15) is 0 Å². The fourth-order valence-corrected chi connectivity index (χ4v) is 3.70. The molecule has 0 heterocycles. The molecule has 0 amide bonds. The second-order valence-electron chi connectivity index (χ2n) is 6.34. The zero-order valence-electron chi connectivity index (χ0n) is 13.6. The van der Waals surface area contributed by atoms with Crippen molar-refractivity contribution >= 4 is 0 Å². The van der Waals surface area contributed by atoms with E-state index in [9.17, 15) is 0 Å². The van der Waals surface area contributed by atoms with Gasteiger partial charge in [0.15, 0.2) is 0 Å². The molecular formula is C17H35NO. The molecule has 1 rings (SSSR count). The van der Waals surface area contributed by atoms with E-state index in [-0.39, 0.29) is 0 Å². The smallest absolute Gasteiger partial charge is 0.0755 e. The third kappa shape index (κ3) is 5.83. The molecule has 1 aliphatic rings. The van der Waals surface area contributed by atoms with Crippen LogP contribution in [0.3, 0.4) is 0 Å². The van der Waals surface area contributed by atoms with Crippen LogP contribution in [-0.4, -0.2) is 25.8 Å². The van der Waals surface area contributed by atoms with Crippen LogP contribution in [0.15, 0.2) is 0 Å². The highest BCUT2D eigenvalue weighted by molar-refractivity contribution is 4.85. The number of likely N-dealkylation sites (N-methyl/N-ethyl adjacent to an activating group) is 1. The maximum absolute atomic E-state index is 6.15. The van der Waals surface area contributed by atoms with Gasteiger partial charge in [-0.1, -0.05) is 46.0 Å². The second-order valence-corrected chi connectivity index (χ2v) is 6.34. The third-order valence-corrected chi connectivity index (χ3v) is 4.68. The lowest BCUT2D eigenvalue weighted by Gasteiger charge is -2.36.